The Hall–Kier alpha value is -2.94. The molecule has 4 heterocycles. The minimum absolute atomic E-state index is 0.0529. The van der Waals surface area contributed by atoms with Crippen molar-refractivity contribution in [3.63, 3.8) is 0 Å². The van der Waals surface area contributed by atoms with Crippen LogP contribution < -0.4 is 15.0 Å². The highest BCUT2D eigenvalue weighted by Gasteiger charge is 2.43. The molecule has 0 aliphatic carbocycles. The Balaban J connectivity index is 1.49. The van der Waals surface area contributed by atoms with Crippen LogP contribution in [0.4, 0.5) is 5.69 Å². The molecular formula is C28H35N5O2S. The summed E-state index contributed by atoms with van der Waals surface area (Å²) in [6.07, 6.45) is 2.95. The molecule has 5 rings (SSSR count). The molecule has 2 aliphatic heterocycles. The van der Waals surface area contributed by atoms with Crippen LogP contribution in [0, 0.1) is 13.8 Å². The van der Waals surface area contributed by atoms with Gasteiger partial charge < -0.3 is 24.3 Å². The quantitative estimate of drug-likeness (QED) is 0.455. The van der Waals surface area contributed by atoms with Crippen LogP contribution in [0.15, 0.2) is 54.7 Å². The Kier molecular flexibility index (Phi) is 7.55. The summed E-state index contributed by atoms with van der Waals surface area (Å²) in [4.78, 5) is 9.40. The predicted molar refractivity (Wildman–Crippen MR) is 147 cm³/mol. The average molecular weight is 506 g/mol. The van der Waals surface area contributed by atoms with Crippen LogP contribution in [0.25, 0.3) is 0 Å². The number of rotatable bonds is 8. The molecule has 0 spiro atoms. The van der Waals surface area contributed by atoms with Crippen LogP contribution in [0.2, 0.25) is 0 Å². The molecule has 0 radical (unpaired) electrons. The molecule has 2 aromatic heterocycles. The van der Waals surface area contributed by atoms with Crippen LogP contribution in [-0.4, -0.2) is 59.5 Å². The molecule has 1 aromatic carbocycles. The average Bonchev–Trinajstić information content (AvgIpc) is 3.40. The van der Waals surface area contributed by atoms with Gasteiger partial charge in [-0.1, -0.05) is 18.2 Å². The van der Waals surface area contributed by atoms with Crippen molar-refractivity contribution in [3.8, 4) is 5.75 Å². The number of thiocarbonyl (C=S) groups is 1. The van der Waals surface area contributed by atoms with Crippen molar-refractivity contribution >= 4 is 23.0 Å². The molecule has 2 fully saturated rings. The summed E-state index contributed by atoms with van der Waals surface area (Å²) in [5.74, 6) is 0.799. The zero-order valence-corrected chi connectivity index (χ0v) is 22.1. The maximum absolute atomic E-state index is 5.92. The van der Waals surface area contributed by atoms with Gasteiger partial charge in [0.05, 0.1) is 43.8 Å². The lowest BCUT2D eigenvalue weighted by molar-refractivity contribution is 0.0369. The highest BCUT2D eigenvalue weighted by atomic mass is 32.1. The SMILES string of the molecule is COc1ccccc1N1C(=S)NC(c2ccccn2)C1c1cc(C)n(CCCN2CCOCC2)c1C. The third kappa shape index (κ3) is 4.85. The molecule has 7 nitrogen and oxygen atoms in total. The molecule has 0 bridgehead atoms. The number of methoxy groups -OCH3 is 1. The molecule has 0 saturated carbocycles. The molecule has 2 unspecified atom stereocenters. The molecule has 2 aliphatic rings. The van der Waals surface area contributed by atoms with Gasteiger partial charge in [0.2, 0.25) is 0 Å². The third-order valence-electron chi connectivity index (χ3n) is 7.33. The number of para-hydroxylation sites is 2. The molecule has 1 N–H and O–H groups in total. The number of pyridine rings is 1. The largest absolute Gasteiger partial charge is 0.495 e. The first-order valence-electron chi connectivity index (χ1n) is 12.7. The van der Waals surface area contributed by atoms with E-state index in [4.69, 9.17) is 26.7 Å². The Morgan fingerprint density at radius 3 is 2.61 bits per heavy atom. The molecule has 8 heteroatoms. The summed E-state index contributed by atoms with van der Waals surface area (Å²) in [5, 5.41) is 4.25. The van der Waals surface area contributed by atoms with Crippen molar-refractivity contribution in [3.05, 3.63) is 77.4 Å². The van der Waals surface area contributed by atoms with Crippen molar-refractivity contribution in [1.29, 1.82) is 0 Å². The van der Waals surface area contributed by atoms with E-state index in [-0.39, 0.29) is 12.1 Å². The lowest BCUT2D eigenvalue weighted by Crippen LogP contribution is -2.37. The number of benzene rings is 1. The zero-order valence-electron chi connectivity index (χ0n) is 21.3. The van der Waals surface area contributed by atoms with Crippen LogP contribution >= 0.6 is 12.2 Å². The summed E-state index contributed by atoms with van der Waals surface area (Å²) in [6, 6.07) is 16.3. The van der Waals surface area contributed by atoms with E-state index in [1.807, 2.05) is 36.5 Å². The highest BCUT2D eigenvalue weighted by molar-refractivity contribution is 7.80. The second kappa shape index (κ2) is 11.0. The second-order valence-electron chi connectivity index (χ2n) is 9.45. The highest BCUT2D eigenvalue weighted by Crippen LogP contribution is 2.45. The first-order chi connectivity index (χ1) is 17.6. The van der Waals surface area contributed by atoms with Gasteiger partial charge in [-0.25, -0.2) is 0 Å². The number of aromatic nitrogens is 2. The standard InChI is InChI=1S/C28H35N5O2S/c1-20-19-22(21(2)32(20)14-8-13-31-15-17-35-18-16-31)27-26(23-9-6-7-12-29-23)30-28(36)33(27)24-10-4-5-11-25(24)34-3/h4-7,9-12,19,26-27H,8,13-18H2,1-3H3,(H,30,36). The summed E-state index contributed by atoms with van der Waals surface area (Å²) in [5.41, 5.74) is 5.72. The number of morpholine rings is 1. The van der Waals surface area contributed by atoms with Gasteiger partial charge in [-0.2, -0.15) is 0 Å². The van der Waals surface area contributed by atoms with E-state index in [2.05, 4.69) is 51.7 Å². The third-order valence-corrected chi connectivity index (χ3v) is 7.65. The van der Waals surface area contributed by atoms with Crippen molar-refractivity contribution in [2.24, 2.45) is 0 Å². The number of hydrogen-bond donors (Lipinski definition) is 1. The van der Waals surface area contributed by atoms with Crippen LogP contribution in [0.5, 0.6) is 5.75 Å². The number of ether oxygens (including phenoxy) is 2. The van der Waals surface area contributed by atoms with E-state index in [1.54, 1.807) is 7.11 Å². The molecule has 190 valence electrons. The van der Waals surface area contributed by atoms with E-state index >= 15 is 0 Å². The van der Waals surface area contributed by atoms with Gasteiger partial charge in [-0.15, -0.1) is 0 Å². The van der Waals surface area contributed by atoms with Crippen molar-refractivity contribution in [2.75, 3.05) is 44.9 Å². The smallest absolute Gasteiger partial charge is 0.174 e. The van der Waals surface area contributed by atoms with E-state index in [0.29, 0.717) is 5.11 Å². The number of anilines is 1. The van der Waals surface area contributed by atoms with Crippen LogP contribution in [-0.2, 0) is 11.3 Å². The van der Waals surface area contributed by atoms with Gasteiger partial charge in [0.25, 0.3) is 0 Å². The zero-order chi connectivity index (χ0) is 25.1. The summed E-state index contributed by atoms with van der Waals surface area (Å²) < 4.78 is 13.7. The fourth-order valence-corrected chi connectivity index (χ4v) is 5.85. The van der Waals surface area contributed by atoms with E-state index in [9.17, 15) is 0 Å². The topological polar surface area (TPSA) is 54.8 Å². The molecule has 0 amide bonds. The van der Waals surface area contributed by atoms with Gasteiger partial charge in [0.15, 0.2) is 5.11 Å². The normalized spacial score (nSPS) is 20.5. The fraction of sp³-hybridized carbons (Fsp3) is 0.429. The number of nitrogens with one attached hydrogen (secondary N) is 1. The first kappa shape index (κ1) is 24.7. The van der Waals surface area contributed by atoms with E-state index < -0.39 is 0 Å². The Morgan fingerprint density at radius 1 is 1.08 bits per heavy atom. The summed E-state index contributed by atoms with van der Waals surface area (Å²) >= 11 is 5.92. The fourth-order valence-electron chi connectivity index (χ4n) is 5.51. The predicted octanol–water partition coefficient (Wildman–Crippen LogP) is 4.41. The first-order valence-corrected chi connectivity index (χ1v) is 13.1. The summed E-state index contributed by atoms with van der Waals surface area (Å²) in [7, 11) is 1.71. The van der Waals surface area contributed by atoms with Crippen molar-refractivity contribution < 1.29 is 9.47 Å². The summed E-state index contributed by atoms with van der Waals surface area (Å²) in [6.45, 7) is 10.3. The second-order valence-corrected chi connectivity index (χ2v) is 9.84. The van der Waals surface area contributed by atoms with E-state index in [1.165, 1.54) is 17.0 Å². The van der Waals surface area contributed by atoms with Gasteiger partial charge >= 0.3 is 0 Å². The van der Waals surface area contributed by atoms with E-state index in [0.717, 1.165) is 62.9 Å². The monoisotopic (exact) mass is 505 g/mol. The van der Waals surface area contributed by atoms with Crippen molar-refractivity contribution in [2.45, 2.75) is 38.9 Å². The van der Waals surface area contributed by atoms with Crippen molar-refractivity contribution in [1.82, 2.24) is 19.8 Å². The lowest BCUT2D eigenvalue weighted by Gasteiger charge is -2.29. The Bertz CT molecular complexity index is 1190. The minimum Gasteiger partial charge on any atom is -0.495 e. The molecule has 36 heavy (non-hydrogen) atoms. The maximum Gasteiger partial charge on any atom is 0.174 e. The Morgan fingerprint density at radius 2 is 1.86 bits per heavy atom. The minimum atomic E-state index is -0.0779. The van der Waals surface area contributed by atoms with Gasteiger partial charge in [0, 0.05) is 43.8 Å². The Labute approximate surface area is 219 Å². The van der Waals surface area contributed by atoms with Gasteiger partial charge in [0.1, 0.15) is 5.75 Å². The van der Waals surface area contributed by atoms with Gasteiger partial charge in [-0.05, 0) is 68.4 Å². The van der Waals surface area contributed by atoms with Gasteiger partial charge in [-0.3, -0.25) is 9.88 Å². The lowest BCUT2D eigenvalue weighted by atomic mass is 9.96. The molecule has 3 aromatic rings. The molecular weight excluding hydrogens is 470 g/mol. The molecule has 2 saturated heterocycles. The number of hydrogen-bond acceptors (Lipinski definition) is 5. The molecule has 2 atom stereocenters. The number of aryl methyl sites for hydroxylation is 1. The van der Waals surface area contributed by atoms with Crippen LogP contribution in [0.1, 0.15) is 41.1 Å². The maximum atomic E-state index is 5.92. The number of nitrogens with zero attached hydrogens (tertiary/aromatic N) is 4. The van der Waals surface area contributed by atoms with Crippen LogP contribution in [0.3, 0.4) is 0 Å².